The molecule has 0 aliphatic rings. The summed E-state index contributed by atoms with van der Waals surface area (Å²) in [6, 6.07) is 5.32. The molecular formula is C12H17F2NO3. The van der Waals surface area contributed by atoms with Gasteiger partial charge in [-0.1, -0.05) is 12.1 Å². The van der Waals surface area contributed by atoms with Gasteiger partial charge >= 0.3 is 0 Å². The molecule has 0 saturated carbocycles. The summed E-state index contributed by atoms with van der Waals surface area (Å²) in [6.45, 7) is 0.127. The molecule has 102 valence electrons. The molecular weight excluding hydrogens is 244 g/mol. The zero-order valence-corrected chi connectivity index (χ0v) is 10.3. The van der Waals surface area contributed by atoms with Crippen LogP contribution in [-0.2, 0) is 6.54 Å². The third-order valence-electron chi connectivity index (χ3n) is 2.44. The van der Waals surface area contributed by atoms with Gasteiger partial charge in [0.25, 0.3) is 6.43 Å². The zero-order valence-electron chi connectivity index (χ0n) is 10.3. The summed E-state index contributed by atoms with van der Waals surface area (Å²) in [6.07, 6.45) is -4.41. The summed E-state index contributed by atoms with van der Waals surface area (Å²) in [5, 5.41) is 11.7. The lowest BCUT2D eigenvalue weighted by atomic mass is 10.2. The van der Waals surface area contributed by atoms with Gasteiger partial charge < -0.3 is 19.9 Å². The Morgan fingerprint density at radius 3 is 2.56 bits per heavy atom. The molecule has 1 atom stereocenters. The number of para-hydroxylation sites is 1. The fourth-order valence-corrected chi connectivity index (χ4v) is 1.54. The standard InChI is InChI=1S/C12H17F2NO3/c1-17-10-5-3-4-8(11(10)18-2)6-15-7-9(16)12(13)14/h3-5,9,12,15-16H,6-7H2,1-2H3. The van der Waals surface area contributed by atoms with E-state index in [0.717, 1.165) is 5.56 Å². The van der Waals surface area contributed by atoms with Crippen molar-refractivity contribution < 1.29 is 23.4 Å². The van der Waals surface area contributed by atoms with Gasteiger partial charge in [-0.05, 0) is 6.07 Å². The molecule has 0 aliphatic heterocycles. The van der Waals surface area contributed by atoms with E-state index in [0.29, 0.717) is 18.0 Å². The average molecular weight is 261 g/mol. The van der Waals surface area contributed by atoms with Crippen LogP contribution in [0.3, 0.4) is 0 Å². The minimum atomic E-state index is -2.75. The number of nitrogens with one attached hydrogen (secondary N) is 1. The molecule has 1 rings (SSSR count). The Bertz CT molecular complexity index is 374. The topological polar surface area (TPSA) is 50.7 Å². The summed E-state index contributed by atoms with van der Waals surface area (Å²) in [4.78, 5) is 0. The number of alkyl halides is 2. The summed E-state index contributed by atoms with van der Waals surface area (Å²) < 4.78 is 34.5. The van der Waals surface area contributed by atoms with Gasteiger partial charge in [0.15, 0.2) is 11.5 Å². The lowest BCUT2D eigenvalue weighted by molar-refractivity contribution is -0.00342. The third-order valence-corrected chi connectivity index (χ3v) is 2.44. The molecule has 0 radical (unpaired) electrons. The molecule has 0 aliphatic carbocycles. The van der Waals surface area contributed by atoms with E-state index >= 15 is 0 Å². The van der Waals surface area contributed by atoms with E-state index in [4.69, 9.17) is 14.6 Å². The molecule has 1 aromatic rings. The molecule has 0 aromatic heterocycles. The molecule has 2 N–H and O–H groups in total. The van der Waals surface area contributed by atoms with Crippen LogP contribution in [0.5, 0.6) is 11.5 Å². The number of aliphatic hydroxyl groups excluding tert-OH is 1. The molecule has 18 heavy (non-hydrogen) atoms. The molecule has 6 heteroatoms. The van der Waals surface area contributed by atoms with E-state index in [-0.39, 0.29) is 6.54 Å². The number of methoxy groups -OCH3 is 2. The van der Waals surface area contributed by atoms with E-state index in [1.54, 1.807) is 18.2 Å². The monoisotopic (exact) mass is 261 g/mol. The first-order valence-corrected chi connectivity index (χ1v) is 5.47. The van der Waals surface area contributed by atoms with Gasteiger partial charge in [-0.15, -0.1) is 0 Å². The molecule has 1 aromatic carbocycles. The molecule has 1 unspecified atom stereocenters. The van der Waals surface area contributed by atoms with E-state index < -0.39 is 12.5 Å². The number of hydrogen-bond acceptors (Lipinski definition) is 4. The summed E-state index contributed by atoms with van der Waals surface area (Å²) in [5.41, 5.74) is 0.776. The van der Waals surface area contributed by atoms with Gasteiger partial charge in [0.05, 0.1) is 14.2 Å². The fraction of sp³-hybridized carbons (Fsp3) is 0.500. The highest BCUT2D eigenvalue weighted by Crippen LogP contribution is 2.30. The maximum absolute atomic E-state index is 12.1. The van der Waals surface area contributed by atoms with Gasteiger partial charge in [-0.3, -0.25) is 0 Å². The van der Waals surface area contributed by atoms with Crippen molar-refractivity contribution in [1.82, 2.24) is 5.32 Å². The number of rotatable bonds is 7. The van der Waals surface area contributed by atoms with Crippen molar-refractivity contribution in [3.63, 3.8) is 0 Å². The SMILES string of the molecule is COc1cccc(CNCC(O)C(F)F)c1OC. The molecule has 4 nitrogen and oxygen atoms in total. The number of hydrogen-bond donors (Lipinski definition) is 2. The number of halogens is 2. The maximum Gasteiger partial charge on any atom is 0.265 e. The summed E-state index contributed by atoms with van der Waals surface area (Å²) in [5.74, 6) is 1.13. The van der Waals surface area contributed by atoms with Crippen molar-refractivity contribution in [2.45, 2.75) is 19.1 Å². The first kappa shape index (κ1) is 14.7. The minimum Gasteiger partial charge on any atom is -0.493 e. The van der Waals surface area contributed by atoms with Crippen LogP contribution in [0.15, 0.2) is 18.2 Å². The summed E-state index contributed by atoms with van der Waals surface area (Å²) in [7, 11) is 3.03. The Morgan fingerprint density at radius 1 is 1.28 bits per heavy atom. The smallest absolute Gasteiger partial charge is 0.265 e. The Hall–Kier alpha value is -1.40. The van der Waals surface area contributed by atoms with Crippen LogP contribution in [0.25, 0.3) is 0 Å². The third kappa shape index (κ3) is 3.82. The van der Waals surface area contributed by atoms with E-state index in [1.807, 2.05) is 0 Å². The fourth-order valence-electron chi connectivity index (χ4n) is 1.54. The van der Waals surface area contributed by atoms with Gasteiger partial charge in [-0.2, -0.15) is 0 Å². The number of aliphatic hydroxyl groups is 1. The molecule has 0 bridgehead atoms. The largest absolute Gasteiger partial charge is 0.493 e. The van der Waals surface area contributed by atoms with Crippen LogP contribution in [0.1, 0.15) is 5.56 Å². The van der Waals surface area contributed by atoms with Gasteiger partial charge in [0.1, 0.15) is 6.10 Å². The Labute approximate surface area is 105 Å². The highest BCUT2D eigenvalue weighted by atomic mass is 19.3. The Morgan fingerprint density at radius 2 is 2.00 bits per heavy atom. The van der Waals surface area contributed by atoms with Gasteiger partial charge in [0.2, 0.25) is 0 Å². The Balaban J connectivity index is 2.62. The highest BCUT2D eigenvalue weighted by molar-refractivity contribution is 5.46. The summed E-state index contributed by atoms with van der Waals surface area (Å²) >= 11 is 0. The average Bonchev–Trinajstić information content (AvgIpc) is 2.37. The van der Waals surface area contributed by atoms with E-state index in [2.05, 4.69) is 5.32 Å². The normalized spacial score (nSPS) is 12.6. The van der Waals surface area contributed by atoms with Crippen molar-refractivity contribution in [3.8, 4) is 11.5 Å². The van der Waals surface area contributed by atoms with Crippen molar-refractivity contribution in [1.29, 1.82) is 0 Å². The first-order valence-electron chi connectivity index (χ1n) is 5.47. The van der Waals surface area contributed by atoms with Crippen LogP contribution < -0.4 is 14.8 Å². The predicted octanol–water partition coefficient (Wildman–Crippen LogP) is 1.42. The molecule has 0 saturated heterocycles. The quantitative estimate of drug-likeness (QED) is 0.779. The van der Waals surface area contributed by atoms with Crippen LogP contribution in [-0.4, -0.2) is 38.4 Å². The van der Waals surface area contributed by atoms with E-state index in [9.17, 15) is 8.78 Å². The highest BCUT2D eigenvalue weighted by Gasteiger charge is 2.16. The molecule has 0 fully saturated rings. The minimum absolute atomic E-state index is 0.183. The Kier molecular flexibility index (Phi) is 5.80. The molecule has 0 heterocycles. The van der Waals surface area contributed by atoms with Gasteiger partial charge in [-0.25, -0.2) is 8.78 Å². The van der Waals surface area contributed by atoms with Crippen molar-refractivity contribution in [3.05, 3.63) is 23.8 Å². The second kappa shape index (κ2) is 7.13. The molecule has 0 spiro atoms. The van der Waals surface area contributed by atoms with Crippen LogP contribution >= 0.6 is 0 Å². The lowest BCUT2D eigenvalue weighted by Crippen LogP contribution is -2.31. The van der Waals surface area contributed by atoms with Crippen molar-refractivity contribution in [2.24, 2.45) is 0 Å². The van der Waals surface area contributed by atoms with Crippen LogP contribution in [0.2, 0.25) is 0 Å². The lowest BCUT2D eigenvalue weighted by Gasteiger charge is -2.14. The van der Waals surface area contributed by atoms with E-state index in [1.165, 1.54) is 14.2 Å². The second-order valence-electron chi connectivity index (χ2n) is 3.69. The van der Waals surface area contributed by atoms with Crippen molar-refractivity contribution >= 4 is 0 Å². The predicted molar refractivity (Wildman–Crippen MR) is 63.3 cm³/mol. The second-order valence-corrected chi connectivity index (χ2v) is 3.69. The zero-order chi connectivity index (χ0) is 13.5. The van der Waals surface area contributed by atoms with Gasteiger partial charge in [0, 0.05) is 18.7 Å². The molecule has 0 amide bonds. The first-order chi connectivity index (χ1) is 8.60. The number of benzene rings is 1. The van der Waals surface area contributed by atoms with Crippen molar-refractivity contribution in [2.75, 3.05) is 20.8 Å². The maximum atomic E-state index is 12.1. The van der Waals surface area contributed by atoms with Crippen LogP contribution in [0.4, 0.5) is 8.78 Å². The number of ether oxygens (including phenoxy) is 2. The van der Waals surface area contributed by atoms with Crippen LogP contribution in [0, 0.1) is 0 Å².